The van der Waals surface area contributed by atoms with Crippen LogP contribution in [-0.2, 0) is 0 Å². The highest BCUT2D eigenvalue weighted by Gasteiger charge is 2.53. The van der Waals surface area contributed by atoms with E-state index in [-0.39, 0.29) is 5.01 Å². The van der Waals surface area contributed by atoms with Crippen LogP contribution < -0.4 is 0 Å². The predicted octanol–water partition coefficient (Wildman–Crippen LogP) is 2.25. The third kappa shape index (κ3) is 2.60. The molecule has 114 valence electrons. The van der Waals surface area contributed by atoms with Gasteiger partial charge >= 0.3 is 0 Å². The molecule has 0 unspecified atom stereocenters. The smallest absolute Gasteiger partial charge is 0.287 e. The first kappa shape index (κ1) is 15.4. The van der Waals surface area contributed by atoms with Gasteiger partial charge in [-0.05, 0) is 12.1 Å². The van der Waals surface area contributed by atoms with E-state index in [2.05, 4.69) is 5.10 Å². The lowest BCUT2D eigenvalue weighted by Gasteiger charge is -2.30. The lowest BCUT2D eigenvalue weighted by Crippen LogP contribution is -2.51. The Morgan fingerprint density at radius 3 is 2.43 bits per heavy atom. The summed E-state index contributed by atoms with van der Waals surface area (Å²) in [7, 11) is 0. The molecule has 1 aliphatic heterocycles. The molecule has 0 aromatic heterocycles. The van der Waals surface area contributed by atoms with Crippen LogP contribution in [0.3, 0.4) is 0 Å². The van der Waals surface area contributed by atoms with E-state index in [0.29, 0.717) is 0 Å². The molecular formula is C12H9F5N2O2. The fourth-order valence-corrected chi connectivity index (χ4v) is 1.85. The maximum absolute atomic E-state index is 13.5. The summed E-state index contributed by atoms with van der Waals surface area (Å²) in [6, 6.07) is 4.37. The van der Waals surface area contributed by atoms with Crippen molar-refractivity contribution >= 4 is 11.6 Å². The van der Waals surface area contributed by atoms with Gasteiger partial charge in [-0.1, -0.05) is 12.1 Å². The summed E-state index contributed by atoms with van der Waals surface area (Å²) in [5, 5.41) is 12.6. The second-order valence-electron chi connectivity index (χ2n) is 4.34. The van der Waals surface area contributed by atoms with Crippen molar-refractivity contribution in [2.45, 2.75) is 25.0 Å². The Morgan fingerprint density at radius 2 is 1.90 bits per heavy atom. The zero-order valence-corrected chi connectivity index (χ0v) is 10.3. The summed E-state index contributed by atoms with van der Waals surface area (Å²) in [5.41, 5.74) is -4.94. The van der Waals surface area contributed by atoms with Gasteiger partial charge in [-0.3, -0.25) is 4.79 Å². The zero-order chi connectivity index (χ0) is 15.8. The molecule has 2 rings (SSSR count). The predicted molar refractivity (Wildman–Crippen MR) is 61.6 cm³/mol. The summed E-state index contributed by atoms with van der Waals surface area (Å²) in [6.07, 6.45) is -7.97. The molecule has 0 saturated carbocycles. The summed E-state index contributed by atoms with van der Waals surface area (Å²) in [4.78, 5) is 12.0. The second kappa shape index (κ2) is 5.40. The Labute approximate surface area is 115 Å². The van der Waals surface area contributed by atoms with Gasteiger partial charge in [-0.25, -0.2) is 22.0 Å². The number of aliphatic hydroxyl groups is 1. The number of hydrazone groups is 1. The Balaban J connectivity index is 2.43. The molecule has 0 radical (unpaired) electrons. The Bertz CT molecular complexity index is 593. The zero-order valence-electron chi connectivity index (χ0n) is 10.3. The number of hydrogen-bond donors (Lipinski definition) is 1. The number of carbonyl (C=O) groups excluding carboxylic acids is 1. The third-order valence-electron chi connectivity index (χ3n) is 2.93. The number of alkyl halides is 4. The van der Waals surface area contributed by atoms with Crippen LogP contribution in [0.2, 0.25) is 0 Å². The van der Waals surface area contributed by atoms with Gasteiger partial charge in [0.05, 0.1) is 5.56 Å². The van der Waals surface area contributed by atoms with Crippen LogP contribution in [0, 0.1) is 5.82 Å². The first-order valence-corrected chi connectivity index (χ1v) is 5.72. The van der Waals surface area contributed by atoms with Gasteiger partial charge < -0.3 is 5.11 Å². The average Bonchev–Trinajstić information content (AvgIpc) is 2.78. The number of rotatable bonds is 3. The quantitative estimate of drug-likeness (QED) is 0.871. The lowest BCUT2D eigenvalue weighted by molar-refractivity contribution is -0.164. The highest BCUT2D eigenvalue weighted by molar-refractivity contribution is 5.99. The molecule has 0 spiro atoms. The van der Waals surface area contributed by atoms with Crippen molar-refractivity contribution in [1.29, 1.82) is 0 Å². The minimum atomic E-state index is -3.55. The number of hydrogen-bond acceptors (Lipinski definition) is 3. The molecule has 1 heterocycles. The molecule has 9 heteroatoms. The molecule has 1 aliphatic rings. The maximum atomic E-state index is 13.5. The van der Waals surface area contributed by atoms with E-state index in [1.807, 2.05) is 0 Å². The molecule has 1 amide bonds. The fraction of sp³-hybridized carbons (Fsp3) is 0.333. The second-order valence-corrected chi connectivity index (χ2v) is 4.34. The van der Waals surface area contributed by atoms with Gasteiger partial charge in [0.1, 0.15) is 11.5 Å². The van der Waals surface area contributed by atoms with Gasteiger partial charge in [0.2, 0.25) is 5.72 Å². The highest BCUT2D eigenvalue weighted by Crippen LogP contribution is 2.34. The maximum Gasteiger partial charge on any atom is 0.287 e. The number of nitrogens with zero attached hydrogens (tertiary/aromatic N) is 2. The van der Waals surface area contributed by atoms with E-state index < -0.39 is 48.0 Å². The summed E-state index contributed by atoms with van der Waals surface area (Å²) in [6.45, 7) is 0. The number of halogens is 5. The van der Waals surface area contributed by atoms with Crippen molar-refractivity contribution in [3.8, 4) is 0 Å². The van der Waals surface area contributed by atoms with E-state index in [9.17, 15) is 31.9 Å². The molecule has 1 N–H and O–H groups in total. The number of amides is 1. The molecule has 0 saturated heterocycles. The first-order valence-electron chi connectivity index (χ1n) is 5.72. The normalized spacial score (nSPS) is 22.1. The minimum Gasteiger partial charge on any atom is -0.364 e. The SMILES string of the molecule is O=C(c1ccccc1F)N1N=C(C(F)F)C[C@]1(O)C(F)F. The van der Waals surface area contributed by atoms with Crippen LogP contribution in [0.15, 0.2) is 29.4 Å². The Morgan fingerprint density at radius 1 is 1.29 bits per heavy atom. The van der Waals surface area contributed by atoms with Crippen LogP contribution in [-0.4, -0.2) is 40.3 Å². The summed E-state index contributed by atoms with van der Waals surface area (Å²) in [5.74, 6) is -2.47. The van der Waals surface area contributed by atoms with Gasteiger partial charge in [0, 0.05) is 6.42 Å². The number of carbonyl (C=O) groups is 1. The average molecular weight is 308 g/mol. The van der Waals surface area contributed by atoms with Gasteiger partial charge in [0.15, 0.2) is 0 Å². The van der Waals surface area contributed by atoms with Crippen molar-refractivity contribution in [2.24, 2.45) is 5.10 Å². The molecule has 21 heavy (non-hydrogen) atoms. The largest absolute Gasteiger partial charge is 0.364 e. The molecule has 1 atom stereocenters. The molecule has 1 aromatic carbocycles. The highest BCUT2D eigenvalue weighted by atomic mass is 19.3. The van der Waals surface area contributed by atoms with Crippen molar-refractivity contribution in [3.63, 3.8) is 0 Å². The summed E-state index contributed by atoms with van der Waals surface area (Å²) < 4.78 is 64.5. The van der Waals surface area contributed by atoms with Crippen molar-refractivity contribution in [2.75, 3.05) is 0 Å². The van der Waals surface area contributed by atoms with E-state index >= 15 is 0 Å². The monoisotopic (exact) mass is 308 g/mol. The van der Waals surface area contributed by atoms with E-state index in [1.165, 1.54) is 12.1 Å². The van der Waals surface area contributed by atoms with E-state index in [0.717, 1.165) is 12.1 Å². The standard InChI is InChI=1S/C12H9F5N2O2/c13-7-4-2-1-3-6(7)10(20)19-12(21,11(16)17)5-8(18-19)9(14)15/h1-4,9,11,21H,5H2/t12-/m0/s1. The van der Waals surface area contributed by atoms with Crippen LogP contribution in [0.4, 0.5) is 22.0 Å². The fourth-order valence-electron chi connectivity index (χ4n) is 1.85. The Hall–Kier alpha value is -2.03. The molecule has 4 nitrogen and oxygen atoms in total. The van der Waals surface area contributed by atoms with Crippen LogP contribution >= 0.6 is 0 Å². The first-order chi connectivity index (χ1) is 9.77. The lowest BCUT2D eigenvalue weighted by atomic mass is 10.1. The number of benzene rings is 1. The van der Waals surface area contributed by atoms with Gasteiger partial charge in [-0.15, -0.1) is 0 Å². The van der Waals surface area contributed by atoms with Gasteiger partial charge in [0.25, 0.3) is 18.8 Å². The van der Waals surface area contributed by atoms with Crippen molar-refractivity contribution < 1.29 is 31.9 Å². The molecule has 0 aliphatic carbocycles. The molecule has 0 bridgehead atoms. The van der Waals surface area contributed by atoms with Crippen molar-refractivity contribution in [1.82, 2.24) is 5.01 Å². The van der Waals surface area contributed by atoms with Crippen LogP contribution in [0.5, 0.6) is 0 Å². The molecular weight excluding hydrogens is 299 g/mol. The Kier molecular flexibility index (Phi) is 3.95. The van der Waals surface area contributed by atoms with Crippen LogP contribution in [0.25, 0.3) is 0 Å². The van der Waals surface area contributed by atoms with Crippen LogP contribution in [0.1, 0.15) is 16.8 Å². The molecule has 0 fully saturated rings. The third-order valence-corrected chi connectivity index (χ3v) is 2.93. The molecule has 1 aromatic rings. The topological polar surface area (TPSA) is 52.9 Å². The van der Waals surface area contributed by atoms with E-state index in [4.69, 9.17) is 0 Å². The van der Waals surface area contributed by atoms with Gasteiger partial charge in [-0.2, -0.15) is 10.1 Å². The summed E-state index contributed by atoms with van der Waals surface area (Å²) >= 11 is 0. The van der Waals surface area contributed by atoms with Crippen molar-refractivity contribution in [3.05, 3.63) is 35.6 Å². The van der Waals surface area contributed by atoms with E-state index in [1.54, 1.807) is 0 Å². The minimum absolute atomic E-state index is 0.183.